The molecule has 1 saturated heterocycles. The van der Waals surface area contributed by atoms with Crippen molar-refractivity contribution in [3.63, 3.8) is 0 Å². The van der Waals surface area contributed by atoms with Gasteiger partial charge in [-0.1, -0.05) is 60.5 Å². The summed E-state index contributed by atoms with van der Waals surface area (Å²) in [5.74, 6) is 0.403. The van der Waals surface area contributed by atoms with Gasteiger partial charge in [0.15, 0.2) is 0 Å². The zero-order valence-electron chi connectivity index (χ0n) is 23.8. The third kappa shape index (κ3) is 7.08. The lowest BCUT2D eigenvalue weighted by Crippen LogP contribution is -2.44. The SMILES string of the molecule is C/C(=C\c1ccc(CO)cn1)[C@@H]1C[C@@H]2CC2(C)CCC[C@H](C)[C@H](C)[C@@H](C)C(=O)C(C)(C)[C@@H](O)CC(=O)O1. The first-order valence-corrected chi connectivity index (χ1v) is 13.9. The average molecular weight is 514 g/mol. The molecule has 2 heterocycles. The maximum atomic E-state index is 13.4. The summed E-state index contributed by atoms with van der Waals surface area (Å²) in [6.07, 6.45) is 6.99. The van der Waals surface area contributed by atoms with Crippen LogP contribution in [0.5, 0.6) is 0 Å². The van der Waals surface area contributed by atoms with E-state index in [2.05, 4.69) is 25.8 Å². The summed E-state index contributed by atoms with van der Waals surface area (Å²) in [6.45, 7) is 14.0. The average Bonchev–Trinajstić information content (AvgIpc) is 3.50. The van der Waals surface area contributed by atoms with E-state index in [1.54, 1.807) is 20.0 Å². The minimum absolute atomic E-state index is 0.00140. The fraction of sp³-hybridized carbons (Fsp3) is 0.710. The lowest BCUT2D eigenvalue weighted by molar-refractivity contribution is -0.154. The Balaban J connectivity index is 1.86. The fourth-order valence-corrected chi connectivity index (χ4v) is 5.90. The van der Waals surface area contributed by atoms with Crippen molar-refractivity contribution >= 4 is 17.8 Å². The van der Waals surface area contributed by atoms with Gasteiger partial charge in [0.05, 0.1) is 30.2 Å². The van der Waals surface area contributed by atoms with E-state index < -0.39 is 23.6 Å². The molecule has 6 nitrogen and oxygen atoms in total. The van der Waals surface area contributed by atoms with Crippen LogP contribution in [0.25, 0.3) is 6.08 Å². The molecule has 1 aromatic rings. The van der Waals surface area contributed by atoms with Crippen molar-refractivity contribution < 1.29 is 24.5 Å². The minimum atomic E-state index is -1.12. The Kier molecular flexibility index (Phi) is 9.39. The standard InChI is InChI=1S/C31H47NO5/c1-19-9-8-12-31(7)16-24(31)14-26(20(2)13-25-11-10-23(18-33)17-32-25)37-28(35)15-27(34)30(5,6)29(36)22(4)21(19)3/h10-11,13,17,19,21-22,24,26-27,33-34H,8-9,12,14-16,18H2,1-7H3/b20-13+/t19-,21-,22+,24+,26-,27-,31?/m0/s1. The first-order valence-electron chi connectivity index (χ1n) is 13.9. The van der Waals surface area contributed by atoms with E-state index in [1.165, 1.54) is 0 Å². The number of carbonyl (C=O) groups is 2. The van der Waals surface area contributed by atoms with Gasteiger partial charge < -0.3 is 14.9 Å². The molecular weight excluding hydrogens is 466 g/mol. The summed E-state index contributed by atoms with van der Waals surface area (Å²) < 4.78 is 5.99. The van der Waals surface area contributed by atoms with E-state index in [4.69, 9.17) is 4.74 Å². The lowest BCUT2D eigenvalue weighted by Gasteiger charge is -2.35. The molecule has 1 saturated carbocycles. The number of cyclic esters (lactones) is 1. The second-order valence-electron chi connectivity index (χ2n) is 12.7. The van der Waals surface area contributed by atoms with Crippen LogP contribution in [0.3, 0.4) is 0 Å². The number of aliphatic hydroxyl groups is 2. The summed E-state index contributed by atoms with van der Waals surface area (Å²) in [5.41, 5.74) is 1.57. The number of esters is 1. The van der Waals surface area contributed by atoms with Crippen molar-refractivity contribution in [2.75, 3.05) is 0 Å². The number of ketones is 1. The first kappa shape index (κ1) is 29.5. The van der Waals surface area contributed by atoms with Crippen molar-refractivity contribution in [3.05, 3.63) is 35.2 Å². The highest BCUT2D eigenvalue weighted by atomic mass is 16.5. The van der Waals surface area contributed by atoms with E-state index in [0.717, 1.165) is 48.9 Å². The van der Waals surface area contributed by atoms with Crippen LogP contribution in [0.1, 0.15) is 98.2 Å². The molecule has 6 heteroatoms. The number of fused-ring (bicyclic) bond motifs is 1. The fourth-order valence-electron chi connectivity index (χ4n) is 5.90. The summed E-state index contributed by atoms with van der Waals surface area (Å²) in [4.78, 5) is 30.9. The van der Waals surface area contributed by atoms with Crippen molar-refractivity contribution in [2.24, 2.45) is 34.5 Å². The topological polar surface area (TPSA) is 96.7 Å². The van der Waals surface area contributed by atoms with E-state index in [0.29, 0.717) is 11.8 Å². The Morgan fingerprint density at radius 2 is 1.89 bits per heavy atom. The zero-order valence-corrected chi connectivity index (χ0v) is 23.8. The summed E-state index contributed by atoms with van der Waals surface area (Å²) in [6, 6.07) is 3.67. The summed E-state index contributed by atoms with van der Waals surface area (Å²) in [7, 11) is 0. The molecule has 0 spiro atoms. The van der Waals surface area contributed by atoms with Gasteiger partial charge in [-0.25, -0.2) is 0 Å². The maximum Gasteiger partial charge on any atom is 0.309 e. The van der Waals surface area contributed by atoms with Gasteiger partial charge in [0, 0.05) is 12.1 Å². The number of nitrogens with zero attached hydrogens (tertiary/aromatic N) is 1. The molecule has 0 amide bonds. The Bertz CT molecular complexity index is 984. The summed E-state index contributed by atoms with van der Waals surface area (Å²) >= 11 is 0. The van der Waals surface area contributed by atoms with E-state index in [9.17, 15) is 19.8 Å². The van der Waals surface area contributed by atoms with Gasteiger partial charge >= 0.3 is 5.97 Å². The number of pyridine rings is 1. The molecule has 7 atom stereocenters. The monoisotopic (exact) mass is 513 g/mol. The Morgan fingerprint density at radius 1 is 1.19 bits per heavy atom. The van der Waals surface area contributed by atoms with Crippen LogP contribution in [0, 0.1) is 34.5 Å². The Hall–Kier alpha value is -2.05. The smallest absolute Gasteiger partial charge is 0.309 e. The molecule has 1 aliphatic heterocycles. The van der Waals surface area contributed by atoms with Crippen LogP contribution < -0.4 is 0 Å². The molecule has 1 aliphatic carbocycles. The van der Waals surface area contributed by atoms with E-state index >= 15 is 0 Å². The van der Waals surface area contributed by atoms with Crippen molar-refractivity contribution in [2.45, 2.75) is 106 Å². The molecule has 206 valence electrons. The molecule has 37 heavy (non-hydrogen) atoms. The number of hydrogen-bond donors (Lipinski definition) is 2. The number of aromatic nitrogens is 1. The number of Topliss-reactive ketones (excluding diaryl/α,β-unsaturated/α-hetero) is 1. The molecule has 2 fully saturated rings. The van der Waals surface area contributed by atoms with Crippen LogP contribution >= 0.6 is 0 Å². The number of carbonyl (C=O) groups excluding carboxylic acids is 2. The quantitative estimate of drug-likeness (QED) is 0.500. The molecule has 2 N–H and O–H groups in total. The van der Waals surface area contributed by atoms with Gasteiger partial charge in [0.25, 0.3) is 0 Å². The highest BCUT2D eigenvalue weighted by molar-refractivity contribution is 5.87. The number of hydrogen-bond acceptors (Lipinski definition) is 6. The van der Waals surface area contributed by atoms with Crippen molar-refractivity contribution in [1.82, 2.24) is 4.98 Å². The van der Waals surface area contributed by atoms with Gasteiger partial charge in [-0.3, -0.25) is 14.6 Å². The number of ether oxygens (including phenoxy) is 1. The molecular formula is C31H47NO5. The molecule has 0 bridgehead atoms. The molecule has 0 radical (unpaired) electrons. The van der Waals surface area contributed by atoms with Gasteiger partial charge in [0.2, 0.25) is 0 Å². The Morgan fingerprint density at radius 3 is 2.51 bits per heavy atom. The molecule has 3 rings (SSSR count). The normalized spacial score (nSPS) is 36.0. The largest absolute Gasteiger partial charge is 0.458 e. The molecule has 1 aromatic heterocycles. The number of aliphatic hydroxyl groups excluding tert-OH is 2. The second kappa shape index (κ2) is 11.8. The first-order chi connectivity index (χ1) is 17.3. The third-order valence-corrected chi connectivity index (χ3v) is 9.56. The Labute approximate surface area is 222 Å². The molecule has 2 aliphatic rings. The van der Waals surface area contributed by atoms with Crippen LogP contribution in [-0.4, -0.2) is 39.2 Å². The molecule has 1 unspecified atom stereocenters. The van der Waals surface area contributed by atoms with Gasteiger partial charge in [-0.2, -0.15) is 0 Å². The minimum Gasteiger partial charge on any atom is -0.458 e. The second-order valence-corrected chi connectivity index (χ2v) is 12.7. The van der Waals surface area contributed by atoms with Gasteiger partial charge in [-0.05, 0) is 72.6 Å². The highest BCUT2D eigenvalue weighted by Gasteiger charge is 2.50. The summed E-state index contributed by atoms with van der Waals surface area (Å²) in [5, 5.41) is 20.3. The van der Waals surface area contributed by atoms with Crippen LogP contribution in [0.2, 0.25) is 0 Å². The third-order valence-electron chi connectivity index (χ3n) is 9.56. The highest BCUT2D eigenvalue weighted by Crippen LogP contribution is 2.58. The van der Waals surface area contributed by atoms with Gasteiger partial charge in [0.1, 0.15) is 11.9 Å². The lowest BCUT2D eigenvalue weighted by atomic mass is 9.70. The van der Waals surface area contributed by atoms with E-state index in [-0.39, 0.29) is 36.1 Å². The van der Waals surface area contributed by atoms with E-state index in [1.807, 2.05) is 32.1 Å². The maximum absolute atomic E-state index is 13.4. The predicted octanol–water partition coefficient (Wildman–Crippen LogP) is 5.74. The van der Waals surface area contributed by atoms with Crippen LogP contribution in [-0.2, 0) is 20.9 Å². The van der Waals surface area contributed by atoms with Crippen LogP contribution in [0.15, 0.2) is 23.9 Å². The molecule has 0 aromatic carbocycles. The van der Waals surface area contributed by atoms with Crippen molar-refractivity contribution in [1.29, 1.82) is 0 Å². The van der Waals surface area contributed by atoms with Gasteiger partial charge in [-0.15, -0.1) is 0 Å². The number of rotatable bonds is 3. The van der Waals surface area contributed by atoms with Crippen LogP contribution in [0.4, 0.5) is 0 Å². The predicted molar refractivity (Wildman–Crippen MR) is 145 cm³/mol. The van der Waals surface area contributed by atoms with Crippen molar-refractivity contribution in [3.8, 4) is 0 Å². The zero-order chi connectivity index (χ0) is 27.5.